The smallest absolute Gasteiger partial charge is 0.417 e. The minimum Gasteiger partial charge on any atom is -0.487 e. The van der Waals surface area contributed by atoms with Gasteiger partial charge >= 0.3 is 6.18 Å². The van der Waals surface area contributed by atoms with Crippen LogP contribution >= 0.6 is 11.6 Å². The fourth-order valence-electron chi connectivity index (χ4n) is 3.99. The largest absolute Gasteiger partial charge is 0.487 e. The zero-order valence-electron chi connectivity index (χ0n) is 16.0. The van der Waals surface area contributed by atoms with E-state index in [1.54, 1.807) is 41.1 Å². The van der Waals surface area contributed by atoms with Crippen molar-refractivity contribution in [2.45, 2.75) is 19.2 Å². The highest BCUT2D eigenvalue weighted by atomic mass is 35.5. The minimum atomic E-state index is -4.68. The average molecular weight is 442 g/mol. The van der Waals surface area contributed by atoms with Gasteiger partial charge in [0.25, 0.3) is 0 Å². The van der Waals surface area contributed by atoms with Gasteiger partial charge in [0, 0.05) is 28.8 Å². The monoisotopic (exact) mass is 441 g/mol. The summed E-state index contributed by atoms with van der Waals surface area (Å²) >= 11 is 5.94. The molecule has 7 heteroatoms. The molecule has 3 nitrogen and oxygen atoms in total. The Balaban J connectivity index is 1.86. The Kier molecular flexibility index (Phi) is 4.55. The van der Waals surface area contributed by atoms with Gasteiger partial charge < -0.3 is 9.30 Å². The number of ether oxygens (including phenoxy) is 1. The molecule has 0 unspecified atom stereocenters. The molecule has 0 saturated heterocycles. The molecule has 0 amide bonds. The summed E-state index contributed by atoms with van der Waals surface area (Å²) in [4.78, 5) is 13.3. The molecule has 0 radical (unpaired) electrons. The minimum absolute atomic E-state index is 0.129. The van der Waals surface area contributed by atoms with Crippen molar-refractivity contribution in [2.24, 2.45) is 0 Å². The van der Waals surface area contributed by atoms with Gasteiger partial charge in [-0.25, -0.2) is 0 Å². The molecule has 0 atom stereocenters. The molecule has 4 aromatic rings. The van der Waals surface area contributed by atoms with Gasteiger partial charge in [-0.2, -0.15) is 13.2 Å². The van der Waals surface area contributed by atoms with E-state index in [4.69, 9.17) is 16.3 Å². The molecule has 5 rings (SSSR count). The number of para-hydroxylation sites is 1. The molecular weight excluding hydrogens is 427 g/mol. The van der Waals surface area contributed by atoms with Crippen molar-refractivity contribution in [1.29, 1.82) is 0 Å². The topological polar surface area (TPSA) is 31.2 Å². The third-order valence-electron chi connectivity index (χ3n) is 5.43. The van der Waals surface area contributed by atoms with Crippen molar-refractivity contribution in [3.63, 3.8) is 0 Å². The van der Waals surface area contributed by atoms with Crippen LogP contribution < -0.4 is 10.2 Å². The SMILES string of the molecule is O=c1c(Cc2ccc(Cl)cc2)cn2c3c(ccc(C(F)(F)F)c13)OCc1ccccc1-2. The van der Waals surface area contributed by atoms with Crippen LogP contribution in [0.1, 0.15) is 22.3 Å². The molecule has 1 aromatic heterocycles. The highest BCUT2D eigenvalue weighted by Gasteiger charge is 2.36. The van der Waals surface area contributed by atoms with E-state index in [1.165, 1.54) is 6.07 Å². The van der Waals surface area contributed by atoms with E-state index < -0.39 is 17.2 Å². The number of halogens is 4. The first-order valence-electron chi connectivity index (χ1n) is 9.57. The van der Waals surface area contributed by atoms with E-state index >= 15 is 0 Å². The van der Waals surface area contributed by atoms with Crippen LogP contribution in [0.15, 0.2) is 71.7 Å². The van der Waals surface area contributed by atoms with Crippen molar-refractivity contribution < 1.29 is 17.9 Å². The molecule has 31 heavy (non-hydrogen) atoms. The number of hydrogen-bond donors (Lipinski definition) is 0. The van der Waals surface area contributed by atoms with Crippen LogP contribution in [-0.4, -0.2) is 4.57 Å². The Morgan fingerprint density at radius 3 is 2.48 bits per heavy atom. The van der Waals surface area contributed by atoms with Gasteiger partial charge in [-0.3, -0.25) is 4.79 Å². The van der Waals surface area contributed by atoms with Gasteiger partial charge in [0.15, 0.2) is 5.43 Å². The Hall–Kier alpha value is -3.25. The fraction of sp³-hybridized carbons (Fsp3) is 0.125. The van der Waals surface area contributed by atoms with Crippen molar-refractivity contribution in [2.75, 3.05) is 0 Å². The first kappa shape index (κ1) is 19.7. The summed E-state index contributed by atoms with van der Waals surface area (Å²) in [6, 6.07) is 16.4. The van der Waals surface area contributed by atoms with Gasteiger partial charge in [0.05, 0.1) is 22.2 Å². The summed E-state index contributed by atoms with van der Waals surface area (Å²) < 4.78 is 49.1. The molecule has 0 fully saturated rings. The zero-order chi connectivity index (χ0) is 21.8. The molecule has 1 aliphatic rings. The lowest BCUT2D eigenvalue weighted by Gasteiger charge is -2.18. The van der Waals surface area contributed by atoms with E-state index in [2.05, 4.69) is 0 Å². The second-order valence-electron chi connectivity index (χ2n) is 7.41. The standard InChI is InChI=1S/C24H15ClF3NO2/c25-17-7-5-14(6-8-17)11-16-12-29-19-4-2-1-3-15(19)13-31-20-10-9-18(24(26,27)28)21(22(20)29)23(16)30/h1-10,12H,11,13H2. The molecule has 156 valence electrons. The number of pyridine rings is 1. The lowest BCUT2D eigenvalue weighted by atomic mass is 10.00. The van der Waals surface area contributed by atoms with Gasteiger partial charge in [0.2, 0.25) is 0 Å². The van der Waals surface area contributed by atoms with E-state index in [9.17, 15) is 18.0 Å². The summed E-state index contributed by atoms with van der Waals surface area (Å²) in [5.74, 6) is 0.245. The number of fused-ring (bicyclic) bond motifs is 2. The number of nitrogens with zero attached hydrogens (tertiary/aromatic N) is 1. The van der Waals surface area contributed by atoms with E-state index in [-0.39, 0.29) is 35.2 Å². The first-order valence-corrected chi connectivity index (χ1v) is 9.94. The third-order valence-corrected chi connectivity index (χ3v) is 5.68. The summed E-state index contributed by atoms with van der Waals surface area (Å²) in [5, 5.41) is 0.161. The number of alkyl halides is 3. The van der Waals surface area contributed by atoms with Gasteiger partial charge in [-0.1, -0.05) is 41.9 Å². The van der Waals surface area contributed by atoms with Gasteiger partial charge in [-0.05, 0) is 35.9 Å². The maximum Gasteiger partial charge on any atom is 0.417 e. The lowest BCUT2D eigenvalue weighted by Crippen LogP contribution is -2.19. The predicted molar refractivity (Wildman–Crippen MR) is 113 cm³/mol. The molecule has 0 aliphatic carbocycles. The summed E-state index contributed by atoms with van der Waals surface area (Å²) in [6.07, 6.45) is -2.88. The van der Waals surface area contributed by atoms with Gasteiger partial charge in [0.1, 0.15) is 12.4 Å². The molecule has 0 saturated carbocycles. The summed E-state index contributed by atoms with van der Waals surface area (Å²) in [7, 11) is 0. The Labute approximate surface area is 180 Å². The van der Waals surface area contributed by atoms with Crippen LogP contribution in [0, 0.1) is 0 Å². The lowest BCUT2D eigenvalue weighted by molar-refractivity contribution is -0.136. The molecule has 0 spiro atoms. The van der Waals surface area contributed by atoms with Crippen LogP contribution in [0.25, 0.3) is 16.6 Å². The predicted octanol–water partition coefficient (Wildman–Crippen LogP) is 6.15. The molecule has 0 bridgehead atoms. The van der Waals surface area contributed by atoms with Crippen LogP contribution in [0.5, 0.6) is 5.75 Å². The van der Waals surface area contributed by atoms with Crippen LogP contribution in [0.3, 0.4) is 0 Å². The average Bonchev–Trinajstić information content (AvgIpc) is 2.90. The highest BCUT2D eigenvalue weighted by Crippen LogP contribution is 2.40. The normalized spacial score (nSPS) is 12.9. The molecule has 3 aromatic carbocycles. The van der Waals surface area contributed by atoms with Crippen LogP contribution in [-0.2, 0) is 19.2 Å². The first-order chi connectivity index (χ1) is 14.8. The van der Waals surface area contributed by atoms with Crippen LogP contribution in [0.4, 0.5) is 13.2 Å². The van der Waals surface area contributed by atoms with Crippen molar-refractivity contribution in [3.05, 3.63) is 104 Å². The Morgan fingerprint density at radius 2 is 1.74 bits per heavy atom. The molecular formula is C24H15ClF3NO2. The Morgan fingerprint density at radius 1 is 1.00 bits per heavy atom. The zero-order valence-corrected chi connectivity index (χ0v) is 16.8. The van der Waals surface area contributed by atoms with E-state index in [0.29, 0.717) is 10.7 Å². The molecule has 1 aliphatic heterocycles. The third kappa shape index (κ3) is 3.37. The van der Waals surface area contributed by atoms with Crippen LogP contribution in [0.2, 0.25) is 5.02 Å². The number of aromatic nitrogens is 1. The maximum atomic E-state index is 13.9. The van der Waals surface area contributed by atoms with E-state index in [1.807, 2.05) is 18.2 Å². The highest BCUT2D eigenvalue weighted by molar-refractivity contribution is 6.30. The number of benzene rings is 3. The summed E-state index contributed by atoms with van der Waals surface area (Å²) in [6.45, 7) is 0.193. The number of hydrogen-bond acceptors (Lipinski definition) is 2. The van der Waals surface area contributed by atoms with E-state index in [0.717, 1.165) is 17.2 Å². The molecule has 0 N–H and O–H groups in total. The van der Waals surface area contributed by atoms with Gasteiger partial charge in [-0.15, -0.1) is 0 Å². The summed E-state index contributed by atoms with van der Waals surface area (Å²) in [5.41, 5.74) is 1.04. The van der Waals surface area contributed by atoms with Crippen molar-refractivity contribution >= 4 is 22.5 Å². The molecule has 2 heterocycles. The second kappa shape index (κ2) is 7.17. The maximum absolute atomic E-state index is 13.9. The Bertz CT molecular complexity index is 1370. The fourth-order valence-corrected chi connectivity index (χ4v) is 4.12. The quantitative estimate of drug-likeness (QED) is 0.374. The second-order valence-corrected chi connectivity index (χ2v) is 7.84. The number of rotatable bonds is 2. The van der Waals surface area contributed by atoms with Crippen molar-refractivity contribution in [3.8, 4) is 11.4 Å². The van der Waals surface area contributed by atoms with Crippen molar-refractivity contribution in [1.82, 2.24) is 4.57 Å².